The van der Waals surface area contributed by atoms with Gasteiger partial charge in [-0.2, -0.15) is 0 Å². The molecule has 0 amide bonds. The minimum atomic E-state index is -0.227. The number of nitrogens with one attached hydrogen (secondary N) is 1. The van der Waals surface area contributed by atoms with Crippen LogP contribution in [0.4, 0.5) is 9.52 Å². The van der Waals surface area contributed by atoms with Crippen LogP contribution in [0.1, 0.15) is 0 Å². The molecule has 5 heteroatoms. The number of thiazole rings is 1. The number of halogens is 1. The third kappa shape index (κ3) is 2.43. The van der Waals surface area contributed by atoms with E-state index in [1.807, 2.05) is 0 Å². The topological polar surface area (TPSA) is 34.1 Å². The zero-order valence-corrected chi connectivity index (χ0v) is 9.10. The van der Waals surface area contributed by atoms with Crippen molar-refractivity contribution < 1.29 is 9.13 Å². The molecule has 0 fully saturated rings. The van der Waals surface area contributed by atoms with Gasteiger partial charge in [0.2, 0.25) is 0 Å². The van der Waals surface area contributed by atoms with Gasteiger partial charge >= 0.3 is 0 Å². The molecule has 15 heavy (non-hydrogen) atoms. The molecule has 1 N–H and O–H groups in total. The average Bonchev–Trinajstić information content (AvgIpc) is 2.60. The number of hydrogen-bond donors (Lipinski definition) is 1. The van der Waals surface area contributed by atoms with Crippen molar-refractivity contribution in [3.05, 3.63) is 24.0 Å². The third-order valence-corrected chi connectivity index (χ3v) is 2.91. The fourth-order valence-corrected chi connectivity index (χ4v) is 2.15. The van der Waals surface area contributed by atoms with E-state index < -0.39 is 0 Å². The van der Waals surface area contributed by atoms with Crippen LogP contribution >= 0.6 is 11.3 Å². The number of hydrogen-bond acceptors (Lipinski definition) is 4. The maximum Gasteiger partial charge on any atom is 0.183 e. The maximum absolute atomic E-state index is 12.9. The van der Waals surface area contributed by atoms with Crippen LogP contribution in [0.3, 0.4) is 0 Å². The van der Waals surface area contributed by atoms with E-state index in [9.17, 15) is 4.39 Å². The van der Waals surface area contributed by atoms with E-state index in [1.54, 1.807) is 13.2 Å². The fraction of sp³-hybridized carbons (Fsp3) is 0.300. The minimum Gasteiger partial charge on any atom is -0.383 e. The molecule has 1 aromatic heterocycles. The van der Waals surface area contributed by atoms with Gasteiger partial charge in [0, 0.05) is 13.7 Å². The molecule has 2 aromatic rings. The molecular formula is C10H11FN2OS. The van der Waals surface area contributed by atoms with Crippen molar-refractivity contribution in [3.8, 4) is 0 Å². The number of methoxy groups -OCH3 is 1. The van der Waals surface area contributed by atoms with Gasteiger partial charge in [0.15, 0.2) is 5.13 Å². The van der Waals surface area contributed by atoms with Crippen molar-refractivity contribution in [1.29, 1.82) is 0 Å². The summed E-state index contributed by atoms with van der Waals surface area (Å²) in [5.41, 5.74) is 0.821. The first-order valence-electron chi connectivity index (χ1n) is 4.58. The second-order valence-corrected chi connectivity index (χ2v) is 4.08. The Balaban J connectivity index is 2.16. The molecule has 0 saturated heterocycles. The molecule has 0 aliphatic rings. The molecule has 80 valence electrons. The number of benzene rings is 1. The van der Waals surface area contributed by atoms with Crippen LogP contribution in [0.5, 0.6) is 0 Å². The Kier molecular flexibility index (Phi) is 3.13. The van der Waals surface area contributed by atoms with Crippen LogP contribution in [-0.2, 0) is 4.74 Å². The summed E-state index contributed by atoms with van der Waals surface area (Å²) in [5.74, 6) is -0.227. The highest BCUT2D eigenvalue weighted by Gasteiger charge is 2.03. The number of anilines is 1. The first kappa shape index (κ1) is 10.3. The molecule has 1 heterocycles. The standard InChI is InChI=1S/C10H11FN2OS/c1-14-5-4-12-10-13-8-3-2-7(11)6-9(8)15-10/h2-3,6H,4-5H2,1H3,(H,12,13). The average molecular weight is 226 g/mol. The van der Waals surface area contributed by atoms with Gasteiger partial charge in [-0.25, -0.2) is 9.37 Å². The fourth-order valence-electron chi connectivity index (χ4n) is 1.23. The quantitative estimate of drug-likeness (QED) is 0.813. The van der Waals surface area contributed by atoms with Crippen LogP contribution < -0.4 is 5.32 Å². The molecule has 0 radical (unpaired) electrons. The van der Waals surface area contributed by atoms with E-state index in [2.05, 4.69) is 10.3 Å². The second-order valence-electron chi connectivity index (χ2n) is 3.05. The maximum atomic E-state index is 12.9. The first-order valence-corrected chi connectivity index (χ1v) is 5.40. The lowest BCUT2D eigenvalue weighted by atomic mass is 10.3. The molecule has 1 aromatic carbocycles. The van der Waals surface area contributed by atoms with Gasteiger partial charge in [-0.05, 0) is 18.2 Å². The molecule has 0 spiro atoms. The van der Waals surface area contributed by atoms with Gasteiger partial charge < -0.3 is 10.1 Å². The van der Waals surface area contributed by atoms with Crippen molar-refractivity contribution >= 4 is 26.7 Å². The van der Waals surface area contributed by atoms with Crippen LogP contribution in [0.25, 0.3) is 10.2 Å². The molecule has 0 saturated carbocycles. The summed E-state index contributed by atoms with van der Waals surface area (Å²) in [6.45, 7) is 1.34. The lowest BCUT2D eigenvalue weighted by molar-refractivity contribution is 0.211. The number of nitrogens with zero attached hydrogens (tertiary/aromatic N) is 1. The smallest absolute Gasteiger partial charge is 0.183 e. The molecule has 0 aliphatic heterocycles. The third-order valence-electron chi connectivity index (χ3n) is 1.93. The lowest BCUT2D eigenvalue weighted by Crippen LogP contribution is -2.06. The monoisotopic (exact) mass is 226 g/mol. The second kappa shape index (κ2) is 4.55. The van der Waals surface area contributed by atoms with E-state index in [4.69, 9.17) is 4.74 Å². The van der Waals surface area contributed by atoms with Gasteiger partial charge in [-0.15, -0.1) is 0 Å². The molecule has 0 unspecified atom stereocenters. The molecule has 0 bridgehead atoms. The Hall–Kier alpha value is -1.20. The summed E-state index contributed by atoms with van der Waals surface area (Å²) in [6, 6.07) is 4.60. The molecule has 0 atom stereocenters. The molecule has 0 aliphatic carbocycles. The number of ether oxygens (including phenoxy) is 1. The summed E-state index contributed by atoms with van der Waals surface area (Å²) >= 11 is 1.44. The van der Waals surface area contributed by atoms with Gasteiger partial charge in [0.25, 0.3) is 0 Å². The lowest BCUT2D eigenvalue weighted by Gasteiger charge is -1.99. The predicted molar refractivity (Wildman–Crippen MR) is 59.9 cm³/mol. The van der Waals surface area contributed by atoms with E-state index in [0.717, 1.165) is 15.3 Å². The van der Waals surface area contributed by atoms with Gasteiger partial charge in [-0.1, -0.05) is 11.3 Å². The highest BCUT2D eigenvalue weighted by Crippen LogP contribution is 2.26. The summed E-state index contributed by atoms with van der Waals surface area (Å²) in [6.07, 6.45) is 0. The predicted octanol–water partition coefficient (Wildman–Crippen LogP) is 2.49. The van der Waals surface area contributed by atoms with E-state index in [1.165, 1.54) is 23.5 Å². The van der Waals surface area contributed by atoms with Crippen LogP contribution in [0.2, 0.25) is 0 Å². The van der Waals surface area contributed by atoms with Gasteiger partial charge in [0.1, 0.15) is 5.82 Å². The zero-order chi connectivity index (χ0) is 10.7. The Labute approximate surface area is 90.9 Å². The van der Waals surface area contributed by atoms with Crippen molar-refractivity contribution in [2.75, 3.05) is 25.6 Å². The van der Waals surface area contributed by atoms with Crippen molar-refractivity contribution in [1.82, 2.24) is 4.98 Å². The number of fused-ring (bicyclic) bond motifs is 1. The SMILES string of the molecule is COCCNc1nc2ccc(F)cc2s1. The Morgan fingerprint density at radius 3 is 3.20 bits per heavy atom. The first-order chi connectivity index (χ1) is 7.29. The molecular weight excluding hydrogens is 215 g/mol. The molecule has 3 nitrogen and oxygen atoms in total. The van der Waals surface area contributed by atoms with E-state index >= 15 is 0 Å². The summed E-state index contributed by atoms with van der Waals surface area (Å²) in [4.78, 5) is 4.31. The molecule has 2 rings (SSSR count). The zero-order valence-electron chi connectivity index (χ0n) is 8.29. The number of aromatic nitrogens is 1. The highest BCUT2D eigenvalue weighted by atomic mass is 32.1. The van der Waals surface area contributed by atoms with Gasteiger partial charge in [-0.3, -0.25) is 0 Å². The minimum absolute atomic E-state index is 0.227. The van der Waals surface area contributed by atoms with E-state index in [-0.39, 0.29) is 5.82 Å². The summed E-state index contributed by atoms with van der Waals surface area (Å²) in [7, 11) is 1.65. The highest BCUT2D eigenvalue weighted by molar-refractivity contribution is 7.22. The van der Waals surface area contributed by atoms with Crippen LogP contribution in [-0.4, -0.2) is 25.2 Å². The van der Waals surface area contributed by atoms with Crippen molar-refractivity contribution in [3.63, 3.8) is 0 Å². The van der Waals surface area contributed by atoms with Crippen LogP contribution in [0, 0.1) is 5.82 Å². The summed E-state index contributed by atoms with van der Waals surface area (Å²) < 4.78 is 18.7. The largest absolute Gasteiger partial charge is 0.383 e. The number of rotatable bonds is 4. The van der Waals surface area contributed by atoms with Crippen molar-refractivity contribution in [2.45, 2.75) is 0 Å². The summed E-state index contributed by atoms with van der Waals surface area (Å²) in [5, 5.41) is 3.91. The van der Waals surface area contributed by atoms with E-state index in [0.29, 0.717) is 13.2 Å². The van der Waals surface area contributed by atoms with Gasteiger partial charge in [0.05, 0.1) is 16.8 Å². The normalized spacial score (nSPS) is 10.8. The Bertz CT molecular complexity index is 458. The Morgan fingerprint density at radius 2 is 2.40 bits per heavy atom. The van der Waals surface area contributed by atoms with Crippen molar-refractivity contribution in [2.24, 2.45) is 0 Å². The van der Waals surface area contributed by atoms with Crippen LogP contribution in [0.15, 0.2) is 18.2 Å². The Morgan fingerprint density at radius 1 is 1.53 bits per heavy atom.